The highest BCUT2D eigenvalue weighted by atomic mass is 16.5. The molecule has 0 atom stereocenters. The van der Waals surface area contributed by atoms with Gasteiger partial charge in [0.1, 0.15) is 11.6 Å². The van der Waals surface area contributed by atoms with Crippen LogP contribution in [-0.4, -0.2) is 78.7 Å². The van der Waals surface area contributed by atoms with Gasteiger partial charge >= 0.3 is 0 Å². The molecule has 8 heteroatoms. The van der Waals surface area contributed by atoms with Crippen LogP contribution in [-0.2, 0) is 28.9 Å². The highest BCUT2D eigenvalue weighted by molar-refractivity contribution is 5.79. The first-order chi connectivity index (χ1) is 14.3. The lowest BCUT2D eigenvalue weighted by Gasteiger charge is -2.34. The smallest absolute Gasteiger partial charge is 0.193 e. The van der Waals surface area contributed by atoms with Gasteiger partial charge < -0.3 is 24.3 Å². The van der Waals surface area contributed by atoms with Crippen molar-refractivity contribution in [3.05, 3.63) is 11.6 Å². The van der Waals surface area contributed by atoms with Crippen molar-refractivity contribution in [1.29, 1.82) is 0 Å². The van der Waals surface area contributed by atoms with Gasteiger partial charge in [0.15, 0.2) is 5.96 Å². The second kappa shape index (κ2) is 12.1. The molecule has 1 N–H and O–H groups in total. The fourth-order valence-corrected chi connectivity index (χ4v) is 4.20. The summed E-state index contributed by atoms with van der Waals surface area (Å²) in [7, 11) is 3.60. The third kappa shape index (κ3) is 6.67. The number of nitrogens with one attached hydrogen (secondary N) is 1. The van der Waals surface area contributed by atoms with Gasteiger partial charge in [-0.25, -0.2) is 0 Å². The molecule has 2 aliphatic rings. The maximum absolute atomic E-state index is 5.96. The van der Waals surface area contributed by atoms with Crippen LogP contribution in [0.4, 0.5) is 0 Å². The number of fused-ring (bicyclic) bond motifs is 1. The van der Waals surface area contributed by atoms with E-state index in [1.807, 2.05) is 7.05 Å². The Bertz CT molecular complexity index is 625. The molecule has 1 saturated heterocycles. The molecule has 164 valence electrons. The summed E-state index contributed by atoms with van der Waals surface area (Å²) in [5.41, 5.74) is 0. The van der Waals surface area contributed by atoms with Crippen molar-refractivity contribution in [3.8, 4) is 0 Å². The Labute approximate surface area is 175 Å². The molecule has 29 heavy (non-hydrogen) atoms. The molecule has 0 radical (unpaired) electrons. The largest absolute Gasteiger partial charge is 0.385 e. The highest BCUT2D eigenvalue weighted by Gasteiger charge is 2.22. The molecular weight excluding hydrogens is 368 g/mol. The molecule has 1 aromatic rings. The van der Waals surface area contributed by atoms with Crippen molar-refractivity contribution in [2.75, 3.05) is 47.0 Å². The number of aliphatic imine (C=N–C) groups is 1. The molecule has 1 fully saturated rings. The maximum atomic E-state index is 5.96. The van der Waals surface area contributed by atoms with E-state index in [-0.39, 0.29) is 0 Å². The monoisotopic (exact) mass is 406 g/mol. The van der Waals surface area contributed by atoms with Crippen molar-refractivity contribution < 1.29 is 9.47 Å². The lowest BCUT2D eigenvalue weighted by molar-refractivity contribution is 0.00991. The molecule has 0 aliphatic carbocycles. The average molecular weight is 407 g/mol. The van der Waals surface area contributed by atoms with E-state index in [1.165, 1.54) is 25.1 Å². The molecule has 1 aromatic heterocycles. The number of guanidine groups is 1. The molecule has 3 rings (SSSR count). The number of rotatable bonds is 9. The zero-order valence-electron chi connectivity index (χ0n) is 18.2. The Morgan fingerprint density at radius 1 is 1.10 bits per heavy atom. The van der Waals surface area contributed by atoms with E-state index >= 15 is 0 Å². The lowest BCUT2D eigenvalue weighted by Crippen LogP contribution is -2.47. The number of likely N-dealkylation sites (tertiary alicyclic amines) is 1. The third-order valence-corrected chi connectivity index (χ3v) is 5.85. The van der Waals surface area contributed by atoms with Crippen LogP contribution in [0.5, 0.6) is 0 Å². The first kappa shape index (κ1) is 22.0. The molecule has 0 saturated carbocycles. The van der Waals surface area contributed by atoms with Crippen molar-refractivity contribution >= 4 is 5.96 Å². The summed E-state index contributed by atoms with van der Waals surface area (Å²) < 4.78 is 13.4. The third-order valence-electron chi connectivity index (χ3n) is 5.85. The molecule has 0 bridgehead atoms. The number of aryl methyl sites for hydroxylation is 2. The van der Waals surface area contributed by atoms with Crippen LogP contribution in [0.25, 0.3) is 0 Å². The maximum Gasteiger partial charge on any atom is 0.193 e. The van der Waals surface area contributed by atoms with Crippen LogP contribution in [0, 0.1) is 0 Å². The second-order valence-electron chi connectivity index (χ2n) is 7.98. The van der Waals surface area contributed by atoms with Gasteiger partial charge in [-0.15, -0.1) is 10.2 Å². The van der Waals surface area contributed by atoms with E-state index in [0.717, 1.165) is 89.7 Å². The van der Waals surface area contributed by atoms with Crippen molar-refractivity contribution in [2.24, 2.45) is 4.99 Å². The summed E-state index contributed by atoms with van der Waals surface area (Å²) in [5, 5.41) is 12.4. The predicted molar refractivity (Wildman–Crippen MR) is 114 cm³/mol. The zero-order valence-corrected chi connectivity index (χ0v) is 18.2. The minimum absolute atomic E-state index is 0.365. The first-order valence-corrected chi connectivity index (χ1v) is 11.3. The summed E-state index contributed by atoms with van der Waals surface area (Å²) >= 11 is 0. The molecule has 0 spiro atoms. The number of ether oxygens (including phenoxy) is 2. The Balaban J connectivity index is 1.34. The standard InChI is InChI=1S/C21H38N6O2/c1-22-21(26-14-10-18(11-15-26)29-17-7-16-28-2)23-12-6-9-20-25-24-19-8-4-3-5-13-27(19)20/h18H,3-17H2,1-2H3,(H,22,23). The first-order valence-electron chi connectivity index (χ1n) is 11.3. The second-order valence-corrected chi connectivity index (χ2v) is 7.98. The van der Waals surface area contributed by atoms with Crippen LogP contribution < -0.4 is 5.32 Å². The van der Waals surface area contributed by atoms with Gasteiger partial charge in [0.25, 0.3) is 0 Å². The Hall–Kier alpha value is -1.67. The zero-order chi connectivity index (χ0) is 20.3. The number of nitrogens with zero attached hydrogens (tertiary/aromatic N) is 5. The number of aromatic nitrogens is 3. The van der Waals surface area contributed by atoms with Crippen LogP contribution in [0.15, 0.2) is 4.99 Å². The average Bonchev–Trinajstić information content (AvgIpc) is 2.98. The van der Waals surface area contributed by atoms with Crippen LogP contribution in [0.1, 0.15) is 56.6 Å². The van der Waals surface area contributed by atoms with Gasteiger partial charge in [0.2, 0.25) is 0 Å². The molecular formula is C21H38N6O2. The molecule has 8 nitrogen and oxygen atoms in total. The SMILES string of the molecule is CN=C(NCCCc1nnc2n1CCCCC2)N1CCC(OCCCOC)CC1. The van der Waals surface area contributed by atoms with Gasteiger partial charge in [-0.2, -0.15) is 0 Å². The highest BCUT2D eigenvalue weighted by Crippen LogP contribution is 2.16. The minimum Gasteiger partial charge on any atom is -0.385 e. The number of hydrogen-bond donors (Lipinski definition) is 1. The Morgan fingerprint density at radius 3 is 2.76 bits per heavy atom. The molecule has 2 aliphatic heterocycles. The fraction of sp³-hybridized carbons (Fsp3) is 0.857. The van der Waals surface area contributed by atoms with Gasteiger partial charge in [0, 0.05) is 66.4 Å². The Kier molecular flexibility index (Phi) is 9.21. The van der Waals surface area contributed by atoms with E-state index in [1.54, 1.807) is 7.11 Å². The lowest BCUT2D eigenvalue weighted by atomic mass is 10.1. The van der Waals surface area contributed by atoms with Crippen LogP contribution >= 0.6 is 0 Å². The summed E-state index contributed by atoms with van der Waals surface area (Å²) in [6.45, 7) is 5.53. The van der Waals surface area contributed by atoms with Crippen LogP contribution in [0.3, 0.4) is 0 Å². The fourth-order valence-electron chi connectivity index (χ4n) is 4.20. The topological polar surface area (TPSA) is 76.8 Å². The number of methoxy groups -OCH3 is 1. The molecule has 0 unspecified atom stereocenters. The minimum atomic E-state index is 0.365. The van der Waals surface area contributed by atoms with Crippen LogP contribution in [0.2, 0.25) is 0 Å². The normalized spacial score (nSPS) is 18.6. The molecule has 0 amide bonds. The van der Waals surface area contributed by atoms with Crippen molar-refractivity contribution in [1.82, 2.24) is 25.0 Å². The van der Waals surface area contributed by atoms with Gasteiger partial charge in [-0.05, 0) is 38.5 Å². The van der Waals surface area contributed by atoms with E-state index in [0.29, 0.717) is 6.10 Å². The molecule has 0 aromatic carbocycles. The molecule has 3 heterocycles. The van der Waals surface area contributed by atoms with E-state index in [9.17, 15) is 0 Å². The number of piperidine rings is 1. The van der Waals surface area contributed by atoms with Gasteiger partial charge in [0.05, 0.1) is 6.10 Å². The summed E-state index contributed by atoms with van der Waals surface area (Å²) in [4.78, 5) is 6.83. The van der Waals surface area contributed by atoms with E-state index in [2.05, 4.69) is 30.0 Å². The van der Waals surface area contributed by atoms with Gasteiger partial charge in [-0.1, -0.05) is 6.42 Å². The predicted octanol–water partition coefficient (Wildman–Crippen LogP) is 2.03. The van der Waals surface area contributed by atoms with E-state index < -0.39 is 0 Å². The van der Waals surface area contributed by atoms with Crippen molar-refractivity contribution in [2.45, 2.75) is 70.4 Å². The quantitative estimate of drug-likeness (QED) is 0.384. The van der Waals surface area contributed by atoms with Crippen molar-refractivity contribution in [3.63, 3.8) is 0 Å². The number of hydrogen-bond acceptors (Lipinski definition) is 5. The van der Waals surface area contributed by atoms with Gasteiger partial charge in [-0.3, -0.25) is 4.99 Å². The summed E-state index contributed by atoms with van der Waals surface area (Å²) in [6.07, 6.45) is 10.3. The van der Waals surface area contributed by atoms with E-state index in [4.69, 9.17) is 9.47 Å². The summed E-state index contributed by atoms with van der Waals surface area (Å²) in [6, 6.07) is 0. The summed E-state index contributed by atoms with van der Waals surface area (Å²) in [5.74, 6) is 3.32. The Morgan fingerprint density at radius 2 is 1.97 bits per heavy atom.